The van der Waals surface area contributed by atoms with E-state index in [1.807, 2.05) is 27.7 Å². The van der Waals surface area contributed by atoms with E-state index in [0.29, 0.717) is 5.88 Å². The van der Waals surface area contributed by atoms with Gasteiger partial charge in [0, 0.05) is 10.9 Å². The normalized spacial score (nSPS) is 14.4. The lowest BCUT2D eigenvalue weighted by molar-refractivity contribution is 0.0619. The Hall–Kier alpha value is -0.873. The second-order valence-electron chi connectivity index (χ2n) is 7.25. The van der Waals surface area contributed by atoms with Crippen molar-refractivity contribution in [2.75, 3.05) is 7.11 Å². The molecule has 1 rings (SSSR count). The van der Waals surface area contributed by atoms with Crippen molar-refractivity contribution in [1.82, 2.24) is 4.98 Å². The van der Waals surface area contributed by atoms with Gasteiger partial charge in [-0.3, -0.25) is 0 Å². The standard InChI is InChI=1S/C15H27NO2Si/c1-10-11(13(17)15(2,3)4)9-12(19(6,7)8)16-14(10)18-5/h9,13,17H,1-8H3. The van der Waals surface area contributed by atoms with Gasteiger partial charge in [-0.25, -0.2) is 4.98 Å². The Balaban J connectivity index is 3.47. The van der Waals surface area contributed by atoms with Crippen molar-refractivity contribution in [2.45, 2.75) is 53.4 Å². The van der Waals surface area contributed by atoms with Crippen molar-refractivity contribution in [3.05, 3.63) is 17.2 Å². The van der Waals surface area contributed by atoms with Crippen molar-refractivity contribution in [3.63, 3.8) is 0 Å². The number of aliphatic hydroxyl groups excluding tert-OH is 1. The van der Waals surface area contributed by atoms with Crippen molar-refractivity contribution in [3.8, 4) is 5.88 Å². The topological polar surface area (TPSA) is 42.4 Å². The predicted octanol–water partition coefficient (Wildman–Crippen LogP) is 3.02. The maximum absolute atomic E-state index is 10.6. The zero-order chi connectivity index (χ0) is 15.0. The van der Waals surface area contributed by atoms with Gasteiger partial charge in [0.25, 0.3) is 0 Å². The van der Waals surface area contributed by atoms with E-state index in [2.05, 4.69) is 30.7 Å². The Morgan fingerprint density at radius 1 is 1.26 bits per heavy atom. The van der Waals surface area contributed by atoms with Gasteiger partial charge in [-0.2, -0.15) is 0 Å². The fourth-order valence-electron chi connectivity index (χ4n) is 1.94. The molecule has 3 nitrogen and oxygen atoms in total. The summed E-state index contributed by atoms with van der Waals surface area (Å²) in [5.41, 5.74) is 1.68. The van der Waals surface area contributed by atoms with Crippen molar-refractivity contribution < 1.29 is 9.84 Å². The van der Waals surface area contributed by atoms with Gasteiger partial charge in [-0.1, -0.05) is 40.4 Å². The Labute approximate surface area is 118 Å². The molecule has 4 heteroatoms. The third-order valence-corrected chi connectivity index (χ3v) is 5.14. The quantitative estimate of drug-likeness (QED) is 0.866. The third kappa shape index (κ3) is 3.57. The number of pyridine rings is 1. The van der Waals surface area contributed by atoms with Crippen molar-refractivity contribution in [2.24, 2.45) is 5.41 Å². The largest absolute Gasteiger partial charge is 0.481 e. The van der Waals surface area contributed by atoms with Crippen LogP contribution in [0.1, 0.15) is 38.0 Å². The maximum atomic E-state index is 10.6. The average Bonchev–Trinajstić information content (AvgIpc) is 2.25. The van der Waals surface area contributed by atoms with E-state index >= 15 is 0 Å². The van der Waals surface area contributed by atoms with E-state index < -0.39 is 14.2 Å². The molecule has 0 aliphatic rings. The summed E-state index contributed by atoms with van der Waals surface area (Å²) in [4.78, 5) is 4.62. The molecule has 0 bridgehead atoms. The van der Waals surface area contributed by atoms with Crippen LogP contribution in [0.15, 0.2) is 6.07 Å². The van der Waals surface area contributed by atoms with Crippen LogP contribution in [0.4, 0.5) is 0 Å². The maximum Gasteiger partial charge on any atom is 0.216 e. The number of hydrogen-bond acceptors (Lipinski definition) is 3. The van der Waals surface area contributed by atoms with Crippen LogP contribution in [-0.2, 0) is 0 Å². The van der Waals surface area contributed by atoms with Gasteiger partial charge in [0.15, 0.2) is 0 Å². The molecule has 0 amide bonds. The fourth-order valence-corrected chi connectivity index (χ4v) is 2.96. The summed E-state index contributed by atoms with van der Waals surface area (Å²) >= 11 is 0. The summed E-state index contributed by atoms with van der Waals surface area (Å²) in [7, 11) is 0.0930. The minimum atomic E-state index is -1.54. The number of rotatable bonds is 3. The highest BCUT2D eigenvalue weighted by atomic mass is 28.3. The van der Waals surface area contributed by atoms with Gasteiger partial charge in [0.05, 0.1) is 13.2 Å². The molecule has 0 radical (unpaired) electrons. The highest BCUT2D eigenvalue weighted by Crippen LogP contribution is 2.35. The molecule has 0 spiro atoms. The Morgan fingerprint density at radius 3 is 2.16 bits per heavy atom. The van der Waals surface area contributed by atoms with E-state index in [1.165, 1.54) is 0 Å². The lowest BCUT2D eigenvalue weighted by atomic mass is 9.83. The number of hydrogen-bond donors (Lipinski definition) is 1. The zero-order valence-corrected chi connectivity index (χ0v) is 14.5. The first-order valence-corrected chi connectivity index (χ1v) is 10.2. The molecule has 1 aromatic rings. The molecule has 0 aliphatic heterocycles. The monoisotopic (exact) mass is 281 g/mol. The molecule has 0 aliphatic carbocycles. The summed E-state index contributed by atoms with van der Waals surface area (Å²) in [6.07, 6.45) is -0.514. The van der Waals surface area contributed by atoms with Crippen molar-refractivity contribution >= 4 is 13.4 Å². The van der Waals surface area contributed by atoms with E-state index in [0.717, 1.165) is 16.4 Å². The first kappa shape index (κ1) is 16.2. The second-order valence-corrected chi connectivity index (χ2v) is 12.3. The Morgan fingerprint density at radius 2 is 1.79 bits per heavy atom. The Bertz CT molecular complexity index is 458. The lowest BCUT2D eigenvalue weighted by Gasteiger charge is -2.29. The van der Waals surface area contributed by atoms with Crippen molar-refractivity contribution in [1.29, 1.82) is 0 Å². The molecule has 108 valence electrons. The number of ether oxygens (including phenoxy) is 1. The van der Waals surface area contributed by atoms with Crippen LogP contribution in [0.3, 0.4) is 0 Å². The summed E-state index contributed by atoms with van der Waals surface area (Å²) < 4.78 is 5.38. The third-order valence-electron chi connectivity index (χ3n) is 3.34. The van der Waals surface area contributed by atoms with Crippen LogP contribution in [0.2, 0.25) is 19.6 Å². The Kier molecular flexibility index (Phi) is 4.47. The number of nitrogens with zero attached hydrogens (tertiary/aromatic N) is 1. The van der Waals surface area contributed by atoms with Crippen LogP contribution < -0.4 is 10.1 Å². The van der Waals surface area contributed by atoms with E-state index in [1.54, 1.807) is 7.11 Å². The molecule has 0 saturated carbocycles. The van der Waals surface area contributed by atoms with E-state index in [9.17, 15) is 5.11 Å². The summed E-state index contributed by atoms with van der Waals surface area (Å²) in [5.74, 6) is 0.637. The van der Waals surface area contributed by atoms with Gasteiger partial charge >= 0.3 is 0 Å². The molecule has 0 fully saturated rings. The molecule has 1 unspecified atom stereocenters. The van der Waals surface area contributed by atoms with Gasteiger partial charge in [0.1, 0.15) is 8.07 Å². The molecular formula is C15H27NO2Si. The summed E-state index contributed by atoms with van der Waals surface area (Å²) in [6, 6.07) is 2.07. The zero-order valence-electron chi connectivity index (χ0n) is 13.5. The second kappa shape index (κ2) is 5.25. The van der Waals surface area contributed by atoms with Gasteiger partial charge in [-0.05, 0) is 24.0 Å². The number of aromatic nitrogens is 1. The minimum Gasteiger partial charge on any atom is -0.481 e. The lowest BCUT2D eigenvalue weighted by Crippen LogP contribution is -2.41. The fraction of sp³-hybridized carbons (Fsp3) is 0.667. The van der Waals surface area contributed by atoms with Crippen LogP contribution in [0.5, 0.6) is 5.88 Å². The number of methoxy groups -OCH3 is 1. The van der Waals surface area contributed by atoms with Crippen LogP contribution in [0.25, 0.3) is 0 Å². The van der Waals surface area contributed by atoms with Gasteiger partial charge in [-0.15, -0.1) is 0 Å². The van der Waals surface area contributed by atoms with E-state index in [4.69, 9.17) is 4.74 Å². The van der Waals surface area contributed by atoms with Crippen LogP contribution in [0, 0.1) is 12.3 Å². The van der Waals surface area contributed by atoms with Crippen LogP contribution >= 0.6 is 0 Å². The molecule has 1 atom stereocenters. The van der Waals surface area contributed by atoms with Gasteiger partial charge in [0.2, 0.25) is 5.88 Å². The van der Waals surface area contributed by atoms with Crippen LogP contribution in [-0.4, -0.2) is 25.3 Å². The first-order valence-electron chi connectivity index (χ1n) is 6.72. The number of aliphatic hydroxyl groups is 1. The minimum absolute atomic E-state index is 0.201. The summed E-state index contributed by atoms with van der Waals surface area (Å²) in [5, 5.41) is 11.7. The molecule has 0 aromatic carbocycles. The summed E-state index contributed by atoms with van der Waals surface area (Å²) in [6.45, 7) is 14.8. The first-order chi connectivity index (χ1) is 8.48. The molecule has 0 saturated heterocycles. The van der Waals surface area contributed by atoms with E-state index in [-0.39, 0.29) is 5.41 Å². The highest BCUT2D eigenvalue weighted by Gasteiger charge is 2.29. The molecular weight excluding hydrogens is 254 g/mol. The molecule has 19 heavy (non-hydrogen) atoms. The molecule has 1 N–H and O–H groups in total. The SMILES string of the molecule is COc1nc([Si](C)(C)C)cc(C(O)C(C)(C)C)c1C. The predicted molar refractivity (Wildman–Crippen MR) is 82.9 cm³/mol. The average molecular weight is 281 g/mol. The highest BCUT2D eigenvalue weighted by molar-refractivity contribution is 6.88. The molecule has 1 heterocycles. The van der Waals surface area contributed by atoms with Gasteiger partial charge < -0.3 is 9.84 Å². The molecule has 1 aromatic heterocycles. The smallest absolute Gasteiger partial charge is 0.216 e.